The molecular formula is C19H16N+. The van der Waals surface area contributed by atoms with Crippen LogP contribution in [0.2, 0.25) is 0 Å². The third kappa shape index (κ3) is 1.53. The van der Waals surface area contributed by atoms with Gasteiger partial charge in [0.05, 0.1) is 0 Å². The van der Waals surface area contributed by atoms with E-state index < -0.39 is 0 Å². The van der Waals surface area contributed by atoms with Gasteiger partial charge in [-0.3, -0.25) is 0 Å². The Bertz CT molecular complexity index is 967. The van der Waals surface area contributed by atoms with Crippen molar-refractivity contribution in [3.63, 3.8) is 0 Å². The molecule has 0 fully saturated rings. The van der Waals surface area contributed by atoms with Crippen LogP contribution < -0.4 is 4.40 Å². The second-order valence-corrected chi connectivity index (χ2v) is 5.50. The number of rotatable bonds is 0. The van der Waals surface area contributed by atoms with Crippen molar-refractivity contribution in [3.8, 4) is 0 Å². The minimum atomic E-state index is 1.28. The lowest BCUT2D eigenvalue weighted by atomic mass is 9.99. The lowest BCUT2D eigenvalue weighted by Crippen LogP contribution is -2.22. The van der Waals surface area contributed by atoms with Gasteiger partial charge in [-0.2, -0.15) is 4.40 Å². The molecule has 20 heavy (non-hydrogen) atoms. The van der Waals surface area contributed by atoms with Gasteiger partial charge < -0.3 is 0 Å². The van der Waals surface area contributed by atoms with Crippen molar-refractivity contribution in [2.45, 2.75) is 13.8 Å². The van der Waals surface area contributed by atoms with E-state index in [1.54, 1.807) is 0 Å². The predicted molar refractivity (Wildman–Crippen MR) is 84.1 cm³/mol. The highest BCUT2D eigenvalue weighted by Gasteiger charge is 2.13. The van der Waals surface area contributed by atoms with Crippen LogP contribution in [-0.4, -0.2) is 0 Å². The van der Waals surface area contributed by atoms with Crippen LogP contribution in [0.15, 0.2) is 60.9 Å². The molecule has 0 bridgehead atoms. The summed E-state index contributed by atoms with van der Waals surface area (Å²) in [6, 6.07) is 17.4. The van der Waals surface area contributed by atoms with Crippen molar-refractivity contribution in [2.75, 3.05) is 0 Å². The van der Waals surface area contributed by atoms with Crippen LogP contribution in [-0.2, 0) is 0 Å². The van der Waals surface area contributed by atoms with Crippen molar-refractivity contribution in [1.82, 2.24) is 0 Å². The molecule has 2 heterocycles. The first-order chi connectivity index (χ1) is 9.74. The van der Waals surface area contributed by atoms with Gasteiger partial charge in [0.15, 0.2) is 12.4 Å². The molecule has 0 radical (unpaired) electrons. The fraction of sp³-hybridized carbons (Fsp3) is 0.105. The van der Waals surface area contributed by atoms with Crippen molar-refractivity contribution in [3.05, 3.63) is 72.1 Å². The largest absolute Gasteiger partial charge is 0.214 e. The molecule has 1 nitrogen and oxygen atoms in total. The Hall–Kier alpha value is -2.41. The summed E-state index contributed by atoms with van der Waals surface area (Å²) in [6.45, 7) is 4.35. The highest BCUT2D eigenvalue weighted by Crippen LogP contribution is 2.28. The van der Waals surface area contributed by atoms with Crippen LogP contribution in [0.5, 0.6) is 0 Å². The van der Waals surface area contributed by atoms with Crippen molar-refractivity contribution in [2.24, 2.45) is 0 Å². The summed E-state index contributed by atoms with van der Waals surface area (Å²) < 4.78 is 2.24. The summed E-state index contributed by atoms with van der Waals surface area (Å²) in [7, 11) is 0. The first-order valence-corrected chi connectivity index (χ1v) is 6.97. The Labute approximate surface area is 118 Å². The van der Waals surface area contributed by atoms with Crippen molar-refractivity contribution in [1.29, 1.82) is 0 Å². The monoisotopic (exact) mass is 258 g/mol. The van der Waals surface area contributed by atoms with E-state index in [1.165, 1.54) is 38.2 Å². The Morgan fingerprint density at radius 2 is 1.55 bits per heavy atom. The number of pyridine rings is 2. The molecular weight excluding hydrogens is 242 g/mol. The Balaban J connectivity index is 2.29. The molecule has 4 rings (SSSR count). The number of aryl methyl sites for hydroxylation is 2. The predicted octanol–water partition coefficient (Wildman–Crippen LogP) is 4.35. The number of nitrogens with zero attached hydrogens (tertiary/aromatic N) is 1. The van der Waals surface area contributed by atoms with Crippen LogP contribution in [0, 0.1) is 13.8 Å². The van der Waals surface area contributed by atoms with Gasteiger partial charge in [0.25, 0.3) is 0 Å². The van der Waals surface area contributed by atoms with E-state index in [-0.39, 0.29) is 0 Å². The standard InChI is InChI=1S/C19H16N/c1-13-7-10-18-14(2)19-16(12-20(18)11-13)9-8-15-5-3-4-6-17(15)19/h3-12H,1-2H3/q+1. The van der Waals surface area contributed by atoms with E-state index >= 15 is 0 Å². The lowest BCUT2D eigenvalue weighted by molar-refractivity contribution is -0.511. The maximum atomic E-state index is 2.24. The quantitative estimate of drug-likeness (QED) is 0.251. The van der Waals surface area contributed by atoms with Gasteiger partial charge >= 0.3 is 0 Å². The summed E-state index contributed by atoms with van der Waals surface area (Å²) in [4.78, 5) is 0. The highest BCUT2D eigenvalue weighted by molar-refractivity contribution is 6.09. The molecule has 0 unspecified atom stereocenters. The number of hydrogen-bond acceptors (Lipinski definition) is 0. The molecule has 0 aliphatic carbocycles. The second-order valence-electron chi connectivity index (χ2n) is 5.50. The molecule has 0 saturated carbocycles. The third-order valence-corrected chi connectivity index (χ3v) is 4.12. The molecule has 0 amide bonds. The normalized spacial score (nSPS) is 11.5. The molecule has 0 saturated heterocycles. The molecule has 1 heteroatoms. The topological polar surface area (TPSA) is 4.10 Å². The molecule has 2 aromatic carbocycles. The fourth-order valence-electron chi connectivity index (χ4n) is 3.15. The van der Waals surface area contributed by atoms with E-state index in [0.717, 1.165) is 0 Å². The molecule has 96 valence electrons. The van der Waals surface area contributed by atoms with Gasteiger partial charge in [-0.25, -0.2) is 0 Å². The minimum absolute atomic E-state index is 1.28. The van der Waals surface area contributed by atoms with Gasteiger partial charge in [-0.15, -0.1) is 0 Å². The Morgan fingerprint density at radius 1 is 0.750 bits per heavy atom. The number of aromatic nitrogens is 1. The average molecular weight is 258 g/mol. The summed E-state index contributed by atoms with van der Waals surface area (Å²) in [6.07, 6.45) is 4.42. The van der Waals surface area contributed by atoms with Crippen molar-refractivity contribution < 1.29 is 4.40 Å². The molecule has 0 atom stereocenters. The smallest absolute Gasteiger partial charge is 0.166 e. The van der Waals surface area contributed by atoms with Crippen LogP contribution in [0.4, 0.5) is 0 Å². The molecule has 0 N–H and O–H groups in total. The molecule has 4 aromatic rings. The molecule has 0 spiro atoms. The molecule has 0 aliphatic heterocycles. The Kier molecular flexibility index (Phi) is 2.31. The lowest BCUT2D eigenvalue weighted by Gasteiger charge is -2.06. The Morgan fingerprint density at radius 3 is 2.45 bits per heavy atom. The van der Waals surface area contributed by atoms with E-state index in [9.17, 15) is 0 Å². The van der Waals surface area contributed by atoms with Gasteiger partial charge in [0.2, 0.25) is 5.52 Å². The highest BCUT2D eigenvalue weighted by atomic mass is 14.8. The van der Waals surface area contributed by atoms with E-state index in [2.05, 4.69) is 79.2 Å². The van der Waals surface area contributed by atoms with Crippen molar-refractivity contribution >= 4 is 27.1 Å². The summed E-state index contributed by atoms with van der Waals surface area (Å²) in [5.41, 5.74) is 3.90. The molecule has 0 aliphatic rings. The van der Waals surface area contributed by atoms with Gasteiger partial charge in [0.1, 0.15) is 0 Å². The second kappa shape index (κ2) is 4.04. The number of fused-ring (bicyclic) bond motifs is 4. The zero-order valence-corrected chi connectivity index (χ0v) is 11.7. The zero-order chi connectivity index (χ0) is 13.7. The van der Waals surface area contributed by atoms with Crippen LogP contribution in [0.25, 0.3) is 27.1 Å². The minimum Gasteiger partial charge on any atom is -0.166 e. The maximum absolute atomic E-state index is 2.24. The van der Waals surface area contributed by atoms with Gasteiger partial charge in [-0.1, -0.05) is 30.3 Å². The average Bonchev–Trinajstić information content (AvgIpc) is 2.46. The number of hydrogen-bond donors (Lipinski definition) is 0. The SMILES string of the molecule is Cc1ccc2c(C)c3c(ccc4ccccc43)c[n+]2c1. The zero-order valence-electron chi connectivity index (χ0n) is 11.7. The molecule has 2 aromatic heterocycles. The summed E-state index contributed by atoms with van der Waals surface area (Å²) in [5.74, 6) is 0. The van der Waals surface area contributed by atoms with Crippen LogP contribution >= 0.6 is 0 Å². The van der Waals surface area contributed by atoms with Gasteiger partial charge in [0, 0.05) is 28.0 Å². The van der Waals surface area contributed by atoms with Gasteiger partial charge in [-0.05, 0) is 36.8 Å². The van der Waals surface area contributed by atoms with E-state index in [0.29, 0.717) is 0 Å². The number of benzene rings is 2. The van der Waals surface area contributed by atoms with Crippen LogP contribution in [0.1, 0.15) is 11.1 Å². The first kappa shape index (κ1) is 11.4. The van der Waals surface area contributed by atoms with Crippen LogP contribution in [0.3, 0.4) is 0 Å². The van der Waals surface area contributed by atoms with E-state index in [4.69, 9.17) is 0 Å². The van der Waals surface area contributed by atoms with E-state index in [1.807, 2.05) is 0 Å². The third-order valence-electron chi connectivity index (χ3n) is 4.12. The fourth-order valence-corrected chi connectivity index (χ4v) is 3.15. The first-order valence-electron chi connectivity index (χ1n) is 6.97. The summed E-state index contributed by atoms with van der Waals surface area (Å²) in [5, 5.41) is 5.31. The maximum Gasteiger partial charge on any atom is 0.214 e. The summed E-state index contributed by atoms with van der Waals surface area (Å²) >= 11 is 0.